The summed E-state index contributed by atoms with van der Waals surface area (Å²) in [5, 5.41) is 57.2. The maximum atomic E-state index is 11.8. The molecule has 0 saturated carbocycles. The summed E-state index contributed by atoms with van der Waals surface area (Å²) in [5.74, 6) is -0.630. The Morgan fingerprint density at radius 3 is 2.18 bits per heavy atom. The van der Waals surface area contributed by atoms with Gasteiger partial charge in [-0.2, -0.15) is 0 Å². The summed E-state index contributed by atoms with van der Waals surface area (Å²) in [5.41, 5.74) is 0. The largest absolute Gasteiger partial charge is 0.394 e. The lowest BCUT2D eigenvalue weighted by Gasteiger charge is -2.42. The molecule has 0 unspecified atom stereocenters. The van der Waals surface area contributed by atoms with Gasteiger partial charge in [-0.15, -0.1) is 0 Å². The number of rotatable bonds is 4. The minimum Gasteiger partial charge on any atom is -0.394 e. The summed E-state index contributed by atoms with van der Waals surface area (Å²) in [4.78, 5) is 11.8. The molecule has 128 valence electrons. The first-order valence-electron chi connectivity index (χ1n) is 6.80. The van der Waals surface area contributed by atoms with Crippen LogP contribution in [0, 0.1) is 0 Å². The number of aliphatic hydroxyl groups is 6. The standard InChI is InChI=1S/C12H20O10/c13-1-5-8(17)11(4(15)3-20-5)22-12-10(19)9(18)7(16)6(2-14)21-12/h5-14,16-19H,1-3H2/t5-,6-,7-,8-,9+,10-,11-,12+/m1/s1. The molecule has 0 aromatic carbocycles. The molecule has 0 bridgehead atoms. The second-order valence-corrected chi connectivity index (χ2v) is 5.24. The van der Waals surface area contributed by atoms with Gasteiger partial charge in [-0.25, -0.2) is 0 Å². The van der Waals surface area contributed by atoms with E-state index in [1.165, 1.54) is 0 Å². The van der Waals surface area contributed by atoms with Crippen molar-refractivity contribution in [2.45, 2.75) is 49.0 Å². The van der Waals surface area contributed by atoms with E-state index in [2.05, 4.69) is 0 Å². The van der Waals surface area contributed by atoms with E-state index in [1.54, 1.807) is 0 Å². The highest BCUT2D eigenvalue weighted by molar-refractivity contribution is 5.85. The topological polar surface area (TPSA) is 166 Å². The maximum Gasteiger partial charge on any atom is 0.189 e. The molecule has 0 spiro atoms. The van der Waals surface area contributed by atoms with Crippen LogP contribution in [0.5, 0.6) is 0 Å². The SMILES string of the molecule is O=C1CO[C@H](CO)[C@@H](O)[C@@H]1O[C@@H]1O[C@H](CO)[C@@H](O)[C@H](O)[C@H]1O. The fourth-order valence-electron chi connectivity index (χ4n) is 2.40. The Morgan fingerprint density at radius 1 is 0.955 bits per heavy atom. The van der Waals surface area contributed by atoms with Gasteiger partial charge in [-0.05, 0) is 0 Å². The van der Waals surface area contributed by atoms with Crippen LogP contribution in [0.4, 0.5) is 0 Å². The highest BCUT2D eigenvalue weighted by Crippen LogP contribution is 2.25. The quantitative estimate of drug-likeness (QED) is 0.296. The van der Waals surface area contributed by atoms with Crippen LogP contribution >= 0.6 is 0 Å². The number of aliphatic hydroxyl groups excluding tert-OH is 6. The molecule has 2 aliphatic heterocycles. The molecule has 0 aromatic rings. The molecular weight excluding hydrogens is 304 g/mol. The van der Waals surface area contributed by atoms with Crippen LogP contribution in [0.15, 0.2) is 0 Å². The van der Waals surface area contributed by atoms with Crippen molar-refractivity contribution in [3.63, 3.8) is 0 Å². The Hall–Kier alpha value is -0.690. The van der Waals surface area contributed by atoms with E-state index >= 15 is 0 Å². The third-order valence-corrected chi connectivity index (χ3v) is 3.76. The summed E-state index contributed by atoms with van der Waals surface area (Å²) >= 11 is 0. The molecule has 2 fully saturated rings. The van der Waals surface area contributed by atoms with Crippen LogP contribution in [0.25, 0.3) is 0 Å². The fourth-order valence-corrected chi connectivity index (χ4v) is 2.40. The van der Waals surface area contributed by atoms with Crippen molar-refractivity contribution in [2.75, 3.05) is 19.8 Å². The molecule has 8 atom stereocenters. The van der Waals surface area contributed by atoms with Crippen LogP contribution in [-0.2, 0) is 19.0 Å². The van der Waals surface area contributed by atoms with Crippen LogP contribution in [0.1, 0.15) is 0 Å². The first-order valence-corrected chi connectivity index (χ1v) is 6.80. The van der Waals surface area contributed by atoms with Gasteiger partial charge >= 0.3 is 0 Å². The number of carbonyl (C=O) groups excluding carboxylic acids is 1. The Morgan fingerprint density at radius 2 is 1.59 bits per heavy atom. The van der Waals surface area contributed by atoms with E-state index < -0.39 is 74.6 Å². The Kier molecular flexibility index (Phi) is 5.82. The summed E-state index contributed by atoms with van der Waals surface area (Å²) in [7, 11) is 0. The van der Waals surface area contributed by atoms with Crippen LogP contribution < -0.4 is 0 Å². The zero-order valence-electron chi connectivity index (χ0n) is 11.6. The number of hydrogen-bond acceptors (Lipinski definition) is 10. The van der Waals surface area contributed by atoms with E-state index in [0.717, 1.165) is 0 Å². The molecule has 2 heterocycles. The molecule has 0 aromatic heterocycles. The molecule has 0 radical (unpaired) electrons. The molecule has 10 heteroatoms. The summed E-state index contributed by atoms with van der Waals surface area (Å²) < 4.78 is 15.2. The normalized spacial score (nSPS) is 46.7. The van der Waals surface area contributed by atoms with E-state index in [4.69, 9.17) is 24.4 Å². The third kappa shape index (κ3) is 3.30. The van der Waals surface area contributed by atoms with Gasteiger partial charge in [0.2, 0.25) is 0 Å². The zero-order valence-corrected chi connectivity index (χ0v) is 11.6. The molecule has 10 nitrogen and oxygen atoms in total. The second-order valence-electron chi connectivity index (χ2n) is 5.24. The molecule has 0 aliphatic carbocycles. The van der Waals surface area contributed by atoms with Gasteiger partial charge in [-0.1, -0.05) is 0 Å². The minimum absolute atomic E-state index is 0.398. The average molecular weight is 324 g/mol. The Bertz CT molecular complexity index is 388. The first kappa shape index (κ1) is 17.7. The number of ether oxygens (including phenoxy) is 3. The number of carbonyl (C=O) groups is 1. The number of Topliss-reactive ketones (excluding diaryl/α,β-unsaturated/α-hetero) is 1. The Balaban J connectivity index is 2.08. The van der Waals surface area contributed by atoms with Gasteiger partial charge in [0, 0.05) is 0 Å². The van der Waals surface area contributed by atoms with E-state index in [9.17, 15) is 25.2 Å². The molecule has 6 N–H and O–H groups in total. The zero-order chi connectivity index (χ0) is 16.4. The van der Waals surface area contributed by atoms with Crippen molar-refractivity contribution in [1.82, 2.24) is 0 Å². The molecule has 22 heavy (non-hydrogen) atoms. The highest BCUT2D eigenvalue weighted by atomic mass is 16.7. The van der Waals surface area contributed by atoms with Gasteiger partial charge in [0.1, 0.15) is 49.3 Å². The fraction of sp³-hybridized carbons (Fsp3) is 0.917. The van der Waals surface area contributed by atoms with Crippen LogP contribution in [0.3, 0.4) is 0 Å². The lowest BCUT2D eigenvalue weighted by atomic mass is 9.98. The summed E-state index contributed by atoms with van der Waals surface area (Å²) in [6, 6.07) is 0. The van der Waals surface area contributed by atoms with Crippen molar-refractivity contribution in [2.24, 2.45) is 0 Å². The van der Waals surface area contributed by atoms with Crippen LogP contribution in [-0.4, -0.2) is 105 Å². The monoisotopic (exact) mass is 324 g/mol. The van der Waals surface area contributed by atoms with Crippen molar-refractivity contribution in [1.29, 1.82) is 0 Å². The van der Waals surface area contributed by atoms with Crippen molar-refractivity contribution < 1.29 is 49.6 Å². The lowest BCUT2D eigenvalue weighted by molar-refractivity contribution is -0.319. The van der Waals surface area contributed by atoms with E-state index in [0.29, 0.717) is 0 Å². The van der Waals surface area contributed by atoms with E-state index in [-0.39, 0.29) is 0 Å². The second kappa shape index (κ2) is 7.25. The van der Waals surface area contributed by atoms with Gasteiger partial charge < -0.3 is 44.8 Å². The Labute approximate surface area is 125 Å². The lowest BCUT2D eigenvalue weighted by Crippen LogP contribution is -2.62. The molecule has 2 saturated heterocycles. The van der Waals surface area contributed by atoms with Gasteiger partial charge in [0.05, 0.1) is 13.2 Å². The maximum absolute atomic E-state index is 11.8. The van der Waals surface area contributed by atoms with Gasteiger partial charge in [-0.3, -0.25) is 4.79 Å². The third-order valence-electron chi connectivity index (χ3n) is 3.76. The smallest absolute Gasteiger partial charge is 0.189 e. The predicted octanol–water partition coefficient (Wildman–Crippen LogP) is -4.51. The number of ketones is 1. The van der Waals surface area contributed by atoms with E-state index in [1.807, 2.05) is 0 Å². The summed E-state index contributed by atoms with van der Waals surface area (Å²) in [6.07, 6.45) is -11.6. The van der Waals surface area contributed by atoms with Gasteiger partial charge in [0.25, 0.3) is 0 Å². The number of hydrogen-bond donors (Lipinski definition) is 6. The van der Waals surface area contributed by atoms with Crippen LogP contribution in [0.2, 0.25) is 0 Å². The summed E-state index contributed by atoms with van der Waals surface area (Å²) in [6.45, 7) is -1.58. The molecule has 0 amide bonds. The van der Waals surface area contributed by atoms with Crippen molar-refractivity contribution in [3.05, 3.63) is 0 Å². The predicted molar refractivity (Wildman–Crippen MR) is 66.5 cm³/mol. The average Bonchev–Trinajstić information content (AvgIpc) is 2.51. The molecule has 2 aliphatic rings. The first-order chi connectivity index (χ1) is 10.4. The molecular formula is C12H20O10. The van der Waals surface area contributed by atoms with Crippen molar-refractivity contribution >= 4 is 5.78 Å². The molecule has 2 rings (SSSR count). The minimum atomic E-state index is -1.69. The van der Waals surface area contributed by atoms with Gasteiger partial charge in [0.15, 0.2) is 12.1 Å². The van der Waals surface area contributed by atoms with Crippen molar-refractivity contribution in [3.8, 4) is 0 Å². The highest BCUT2D eigenvalue weighted by Gasteiger charge is 2.48.